The van der Waals surface area contributed by atoms with Gasteiger partial charge in [0.05, 0.1) is 11.9 Å². The van der Waals surface area contributed by atoms with Gasteiger partial charge in [0.25, 0.3) is 5.56 Å². The van der Waals surface area contributed by atoms with Crippen LogP contribution in [0.2, 0.25) is 0 Å². The zero-order valence-electron chi connectivity index (χ0n) is 9.61. The number of rotatable bonds is 4. The van der Waals surface area contributed by atoms with Crippen LogP contribution in [0.3, 0.4) is 0 Å². The number of anilines is 1. The van der Waals surface area contributed by atoms with Crippen LogP contribution < -0.4 is 10.9 Å². The Kier molecular flexibility index (Phi) is 3.53. The summed E-state index contributed by atoms with van der Waals surface area (Å²) < 4.78 is 1.76. The molecule has 1 aliphatic rings. The van der Waals surface area contributed by atoms with Crippen LogP contribution >= 0.6 is 15.9 Å². The average Bonchev–Trinajstić information content (AvgIpc) is 3.01. The number of hydrogen-bond acceptors (Lipinski definition) is 3. The first-order valence-electron chi connectivity index (χ1n) is 5.56. The monoisotopic (exact) mass is 295 g/mol. The van der Waals surface area contributed by atoms with Crippen LogP contribution in [0.25, 0.3) is 0 Å². The van der Waals surface area contributed by atoms with Gasteiger partial charge in [-0.15, -0.1) is 6.42 Å². The molecular formula is C12H14BrN3O. The first-order chi connectivity index (χ1) is 8.13. The Morgan fingerprint density at radius 1 is 1.76 bits per heavy atom. The first kappa shape index (κ1) is 12.2. The highest BCUT2D eigenvalue weighted by Gasteiger charge is 2.32. The Hall–Kier alpha value is -1.28. The van der Waals surface area contributed by atoms with Crippen LogP contribution in [0.1, 0.15) is 13.3 Å². The summed E-state index contributed by atoms with van der Waals surface area (Å²) in [5, 5.41) is 7.26. The second-order valence-electron chi connectivity index (χ2n) is 4.39. The molecule has 2 unspecified atom stereocenters. The highest BCUT2D eigenvalue weighted by molar-refractivity contribution is 9.10. The second-order valence-corrected chi connectivity index (χ2v) is 5.19. The van der Waals surface area contributed by atoms with E-state index in [4.69, 9.17) is 6.42 Å². The molecule has 0 spiro atoms. The molecule has 0 aromatic carbocycles. The highest BCUT2D eigenvalue weighted by Crippen LogP contribution is 2.37. The van der Waals surface area contributed by atoms with Gasteiger partial charge in [0.1, 0.15) is 11.0 Å². The lowest BCUT2D eigenvalue weighted by molar-refractivity contribution is 0.658. The van der Waals surface area contributed by atoms with Crippen LogP contribution in [0, 0.1) is 24.2 Å². The maximum Gasteiger partial charge on any atom is 0.284 e. The molecule has 0 saturated heterocycles. The molecule has 1 aromatic heterocycles. The van der Waals surface area contributed by atoms with Crippen LogP contribution in [-0.4, -0.2) is 16.3 Å². The van der Waals surface area contributed by atoms with Gasteiger partial charge in [-0.3, -0.25) is 4.79 Å². The number of aromatic nitrogens is 2. The minimum atomic E-state index is -0.197. The zero-order valence-corrected chi connectivity index (χ0v) is 11.2. The molecule has 4 nitrogen and oxygen atoms in total. The minimum absolute atomic E-state index is 0.192. The lowest BCUT2D eigenvalue weighted by atomic mass is 10.3. The molecule has 1 saturated carbocycles. The van der Waals surface area contributed by atoms with Gasteiger partial charge in [0.2, 0.25) is 0 Å². The van der Waals surface area contributed by atoms with E-state index in [1.165, 1.54) is 11.1 Å². The van der Waals surface area contributed by atoms with Crippen LogP contribution in [0.5, 0.6) is 0 Å². The summed E-state index contributed by atoms with van der Waals surface area (Å²) in [6.45, 7) is 3.31. The van der Waals surface area contributed by atoms with E-state index in [9.17, 15) is 4.79 Å². The van der Waals surface area contributed by atoms with Crippen molar-refractivity contribution in [3.63, 3.8) is 0 Å². The normalized spacial score (nSPS) is 21.9. The van der Waals surface area contributed by atoms with Crippen molar-refractivity contribution < 1.29 is 0 Å². The van der Waals surface area contributed by atoms with Gasteiger partial charge in [-0.25, -0.2) is 4.68 Å². The van der Waals surface area contributed by atoms with Crippen molar-refractivity contribution in [3.8, 4) is 12.3 Å². The van der Waals surface area contributed by atoms with E-state index >= 15 is 0 Å². The molecule has 0 aliphatic heterocycles. The smallest absolute Gasteiger partial charge is 0.284 e. The maximum absolute atomic E-state index is 11.8. The fourth-order valence-corrected chi connectivity index (χ4v) is 2.16. The highest BCUT2D eigenvalue weighted by atomic mass is 79.9. The summed E-state index contributed by atoms with van der Waals surface area (Å²) in [6.07, 6.45) is 8.05. The van der Waals surface area contributed by atoms with Crippen LogP contribution in [0.4, 0.5) is 5.69 Å². The first-order valence-corrected chi connectivity index (χ1v) is 6.35. The van der Waals surface area contributed by atoms with Gasteiger partial charge in [-0.05, 0) is 34.2 Å². The van der Waals surface area contributed by atoms with Gasteiger partial charge >= 0.3 is 0 Å². The molecule has 1 aromatic rings. The summed E-state index contributed by atoms with van der Waals surface area (Å²) in [5.74, 6) is 3.90. The van der Waals surface area contributed by atoms with Gasteiger partial charge in [-0.1, -0.05) is 12.8 Å². The van der Waals surface area contributed by atoms with Crippen LogP contribution in [-0.2, 0) is 6.54 Å². The molecule has 17 heavy (non-hydrogen) atoms. The molecule has 2 atom stereocenters. The third-order valence-corrected chi connectivity index (χ3v) is 3.82. The predicted molar refractivity (Wildman–Crippen MR) is 70.8 cm³/mol. The maximum atomic E-state index is 11.8. The van der Waals surface area contributed by atoms with E-state index in [1.54, 1.807) is 6.20 Å². The van der Waals surface area contributed by atoms with Gasteiger partial charge in [0.15, 0.2) is 0 Å². The third-order valence-electron chi connectivity index (χ3n) is 3.06. The summed E-state index contributed by atoms with van der Waals surface area (Å²) in [7, 11) is 0. The number of halogens is 1. The van der Waals surface area contributed by atoms with Crippen molar-refractivity contribution in [2.75, 3.05) is 11.9 Å². The molecule has 1 aliphatic carbocycles. The fourth-order valence-electron chi connectivity index (χ4n) is 1.71. The van der Waals surface area contributed by atoms with E-state index < -0.39 is 0 Å². The van der Waals surface area contributed by atoms with Crippen LogP contribution in [0.15, 0.2) is 15.5 Å². The van der Waals surface area contributed by atoms with E-state index in [0.29, 0.717) is 4.47 Å². The van der Waals surface area contributed by atoms with Gasteiger partial charge in [-0.2, -0.15) is 5.10 Å². The molecule has 1 N–H and O–H groups in total. The standard InChI is InChI=1S/C12H14BrN3O/c1-3-4-16-12(17)11(13)10(7-15-16)14-6-9-5-8(9)2/h1,7-9,14H,4-6H2,2H3. The Morgan fingerprint density at radius 3 is 3.06 bits per heavy atom. The summed E-state index contributed by atoms with van der Waals surface area (Å²) in [6, 6.07) is 0. The van der Waals surface area contributed by atoms with E-state index in [0.717, 1.165) is 24.1 Å². The molecule has 90 valence electrons. The topological polar surface area (TPSA) is 46.9 Å². The predicted octanol–water partition coefficient (Wildman–Crippen LogP) is 1.71. The van der Waals surface area contributed by atoms with E-state index in [2.05, 4.69) is 39.2 Å². The molecule has 0 amide bonds. The van der Waals surface area contributed by atoms with Crippen molar-refractivity contribution in [1.82, 2.24) is 9.78 Å². The van der Waals surface area contributed by atoms with Crippen molar-refractivity contribution >= 4 is 21.6 Å². The Balaban J connectivity index is 2.10. The molecule has 5 heteroatoms. The van der Waals surface area contributed by atoms with E-state index in [1.807, 2.05) is 0 Å². The molecule has 2 rings (SSSR count). The molecule has 0 radical (unpaired) electrons. The number of terminal acetylenes is 1. The van der Waals surface area contributed by atoms with Crippen molar-refractivity contribution in [1.29, 1.82) is 0 Å². The summed E-state index contributed by atoms with van der Waals surface area (Å²) in [5.41, 5.74) is 0.541. The quantitative estimate of drug-likeness (QED) is 0.860. The Morgan fingerprint density at radius 2 is 2.47 bits per heavy atom. The minimum Gasteiger partial charge on any atom is -0.382 e. The van der Waals surface area contributed by atoms with E-state index in [-0.39, 0.29) is 12.1 Å². The SMILES string of the molecule is C#CCn1ncc(NCC2CC2C)c(Br)c1=O. The van der Waals surface area contributed by atoms with Gasteiger partial charge < -0.3 is 5.32 Å². The molecule has 1 fully saturated rings. The zero-order chi connectivity index (χ0) is 12.4. The summed E-state index contributed by atoms with van der Waals surface area (Å²) in [4.78, 5) is 11.8. The lowest BCUT2D eigenvalue weighted by Crippen LogP contribution is -2.24. The third kappa shape index (κ3) is 2.70. The molecule has 0 bridgehead atoms. The van der Waals surface area contributed by atoms with Crippen molar-refractivity contribution in [2.45, 2.75) is 19.9 Å². The number of nitrogens with one attached hydrogen (secondary N) is 1. The van der Waals surface area contributed by atoms with Crippen molar-refractivity contribution in [2.24, 2.45) is 11.8 Å². The fraction of sp³-hybridized carbons (Fsp3) is 0.500. The van der Waals surface area contributed by atoms with Gasteiger partial charge in [0, 0.05) is 6.54 Å². The number of hydrogen-bond donors (Lipinski definition) is 1. The number of nitrogens with zero attached hydrogens (tertiary/aromatic N) is 2. The molecule has 1 heterocycles. The lowest BCUT2D eigenvalue weighted by Gasteiger charge is -2.08. The second kappa shape index (κ2) is 4.92. The van der Waals surface area contributed by atoms with Crippen molar-refractivity contribution in [3.05, 3.63) is 21.0 Å². The molecular weight excluding hydrogens is 282 g/mol. The Labute approximate surface area is 109 Å². The average molecular weight is 296 g/mol. The largest absolute Gasteiger partial charge is 0.382 e. The Bertz CT molecular complexity index is 517. The summed E-state index contributed by atoms with van der Waals surface area (Å²) >= 11 is 3.28.